The van der Waals surface area contributed by atoms with E-state index in [-0.39, 0.29) is 0 Å². The molecule has 0 aliphatic carbocycles. The molecule has 0 saturated carbocycles. The van der Waals surface area contributed by atoms with Gasteiger partial charge in [0.2, 0.25) is 8.32 Å². The largest absolute Gasteiger partial charge is 0.410 e. The zero-order valence-electron chi connectivity index (χ0n) is 11.8. The maximum absolute atomic E-state index is 6.19. The fraction of sp³-hybridized carbons (Fsp3) is 0.600. The molecule has 0 bridgehead atoms. The van der Waals surface area contributed by atoms with Gasteiger partial charge >= 0.3 is 0 Å². The second-order valence-electron chi connectivity index (χ2n) is 5.07. The molecule has 3 heteroatoms. The van der Waals surface area contributed by atoms with Gasteiger partial charge in [0.05, 0.1) is 0 Å². The van der Waals surface area contributed by atoms with Gasteiger partial charge in [0.15, 0.2) is 0 Å². The van der Waals surface area contributed by atoms with Crippen molar-refractivity contribution in [2.75, 3.05) is 0 Å². The third kappa shape index (κ3) is 10.1. The third-order valence-corrected chi connectivity index (χ3v) is 5.31. The van der Waals surface area contributed by atoms with Crippen molar-refractivity contribution in [3.63, 3.8) is 0 Å². The van der Waals surface area contributed by atoms with Crippen LogP contribution in [-0.4, -0.2) is 14.4 Å². The standard InChI is InChI=1S/C15H27IOSi/c1-5-12-15(17-18(3,4)6-2)13-10-8-7-9-11-14-16/h5-6,11,14-15H,1-2,7-10,12-13H2,3-4H3/b14-11-. The van der Waals surface area contributed by atoms with Crippen molar-refractivity contribution < 1.29 is 4.43 Å². The van der Waals surface area contributed by atoms with E-state index in [1.165, 1.54) is 25.7 Å². The number of halogens is 1. The molecule has 0 saturated heterocycles. The van der Waals surface area contributed by atoms with Crippen LogP contribution in [0.5, 0.6) is 0 Å². The van der Waals surface area contributed by atoms with Crippen molar-refractivity contribution in [1.82, 2.24) is 0 Å². The van der Waals surface area contributed by atoms with Gasteiger partial charge in [0.1, 0.15) is 0 Å². The van der Waals surface area contributed by atoms with Crippen molar-refractivity contribution in [2.45, 2.75) is 57.7 Å². The highest BCUT2D eigenvalue weighted by Crippen LogP contribution is 2.17. The highest BCUT2D eigenvalue weighted by atomic mass is 127. The Morgan fingerprint density at radius 1 is 1.22 bits per heavy atom. The van der Waals surface area contributed by atoms with E-state index in [1.807, 2.05) is 11.8 Å². The number of hydrogen-bond acceptors (Lipinski definition) is 1. The van der Waals surface area contributed by atoms with E-state index in [0.717, 1.165) is 12.8 Å². The summed E-state index contributed by atoms with van der Waals surface area (Å²) in [4.78, 5) is 0. The molecule has 0 aliphatic heterocycles. The SMILES string of the molecule is C=CCC(CCCCC/C=C\I)O[Si](C)(C)C=C. The number of rotatable bonds is 11. The molecule has 0 aromatic carbocycles. The first-order valence-electron chi connectivity index (χ1n) is 6.73. The maximum Gasteiger partial charge on any atom is 0.210 e. The van der Waals surface area contributed by atoms with Crippen LogP contribution in [0.15, 0.2) is 35.1 Å². The lowest BCUT2D eigenvalue weighted by atomic mass is 10.1. The first-order valence-corrected chi connectivity index (χ1v) is 11.0. The van der Waals surface area contributed by atoms with Gasteiger partial charge in [-0.05, 0) is 42.9 Å². The second kappa shape index (κ2) is 11.0. The van der Waals surface area contributed by atoms with E-state index >= 15 is 0 Å². The quantitative estimate of drug-likeness (QED) is 0.192. The summed E-state index contributed by atoms with van der Waals surface area (Å²) < 4.78 is 8.29. The predicted molar refractivity (Wildman–Crippen MR) is 93.6 cm³/mol. The van der Waals surface area contributed by atoms with Crippen molar-refractivity contribution >= 4 is 30.9 Å². The molecule has 0 aliphatic rings. The molecule has 1 atom stereocenters. The fourth-order valence-corrected chi connectivity index (χ4v) is 3.29. The van der Waals surface area contributed by atoms with Crippen molar-refractivity contribution in [3.8, 4) is 0 Å². The van der Waals surface area contributed by atoms with E-state index in [1.54, 1.807) is 0 Å². The second-order valence-corrected chi connectivity index (χ2v) is 9.64. The summed E-state index contributed by atoms with van der Waals surface area (Å²) in [6, 6.07) is 0. The van der Waals surface area contributed by atoms with Gasteiger partial charge in [0, 0.05) is 6.10 Å². The Bertz CT molecular complexity index is 261. The van der Waals surface area contributed by atoms with Crippen LogP contribution >= 0.6 is 22.6 Å². The van der Waals surface area contributed by atoms with Gasteiger partial charge in [-0.15, -0.1) is 13.2 Å². The summed E-state index contributed by atoms with van der Waals surface area (Å²) in [6.45, 7) is 12.1. The minimum Gasteiger partial charge on any atom is -0.410 e. The fourth-order valence-electron chi connectivity index (χ4n) is 1.76. The Morgan fingerprint density at radius 3 is 2.50 bits per heavy atom. The molecule has 0 amide bonds. The lowest BCUT2D eigenvalue weighted by Gasteiger charge is -2.26. The third-order valence-electron chi connectivity index (χ3n) is 2.88. The van der Waals surface area contributed by atoms with Crippen molar-refractivity contribution in [1.29, 1.82) is 0 Å². The Morgan fingerprint density at radius 2 is 1.94 bits per heavy atom. The minimum atomic E-state index is -1.65. The summed E-state index contributed by atoms with van der Waals surface area (Å²) in [7, 11) is -1.65. The summed E-state index contributed by atoms with van der Waals surface area (Å²) in [5, 5.41) is 0. The van der Waals surface area contributed by atoms with Crippen molar-refractivity contribution in [2.24, 2.45) is 0 Å². The number of allylic oxidation sites excluding steroid dienone is 1. The molecule has 0 spiro atoms. The van der Waals surface area contributed by atoms with Crippen LogP contribution in [-0.2, 0) is 4.43 Å². The molecule has 1 unspecified atom stereocenters. The lowest BCUT2D eigenvalue weighted by molar-refractivity contribution is 0.185. The van der Waals surface area contributed by atoms with Crippen LogP contribution in [0.25, 0.3) is 0 Å². The predicted octanol–water partition coefficient (Wildman–Crippen LogP) is 5.78. The summed E-state index contributed by atoms with van der Waals surface area (Å²) in [5.74, 6) is 0. The van der Waals surface area contributed by atoms with E-state index < -0.39 is 8.32 Å². The molecule has 1 nitrogen and oxygen atoms in total. The van der Waals surface area contributed by atoms with Crippen LogP contribution in [0.4, 0.5) is 0 Å². The molecular formula is C15H27IOSi. The number of unbranched alkanes of at least 4 members (excludes halogenated alkanes) is 3. The van der Waals surface area contributed by atoms with E-state index in [0.29, 0.717) is 6.10 Å². The topological polar surface area (TPSA) is 9.23 Å². The van der Waals surface area contributed by atoms with E-state index in [2.05, 4.69) is 59.0 Å². The summed E-state index contributed by atoms with van der Waals surface area (Å²) in [6.07, 6.45) is 11.6. The molecule has 0 heterocycles. The van der Waals surface area contributed by atoms with Crippen LogP contribution in [0, 0.1) is 0 Å². The van der Waals surface area contributed by atoms with Crippen LogP contribution in [0.1, 0.15) is 38.5 Å². The molecule has 0 aromatic rings. The molecule has 0 aromatic heterocycles. The average molecular weight is 378 g/mol. The van der Waals surface area contributed by atoms with Crippen LogP contribution in [0.2, 0.25) is 13.1 Å². The van der Waals surface area contributed by atoms with Gasteiger partial charge in [-0.25, -0.2) is 0 Å². The number of hydrogen-bond donors (Lipinski definition) is 0. The Labute approximate surface area is 128 Å². The van der Waals surface area contributed by atoms with Gasteiger partial charge in [-0.1, -0.05) is 53.3 Å². The van der Waals surface area contributed by atoms with Crippen LogP contribution in [0.3, 0.4) is 0 Å². The Balaban J connectivity index is 3.89. The first-order chi connectivity index (χ1) is 8.55. The normalized spacial score (nSPS) is 13.7. The molecule has 0 fully saturated rings. The van der Waals surface area contributed by atoms with Crippen LogP contribution < -0.4 is 0 Å². The Hall–Kier alpha value is 0.127. The van der Waals surface area contributed by atoms with Gasteiger partial charge in [-0.2, -0.15) is 0 Å². The summed E-state index contributed by atoms with van der Waals surface area (Å²) >= 11 is 2.27. The molecule has 0 N–H and O–H groups in total. The zero-order valence-corrected chi connectivity index (χ0v) is 15.0. The summed E-state index contributed by atoms with van der Waals surface area (Å²) in [5.41, 5.74) is 2.01. The molecular weight excluding hydrogens is 351 g/mol. The molecule has 18 heavy (non-hydrogen) atoms. The van der Waals surface area contributed by atoms with Gasteiger partial charge in [-0.3, -0.25) is 0 Å². The minimum absolute atomic E-state index is 0.335. The van der Waals surface area contributed by atoms with E-state index in [9.17, 15) is 0 Å². The van der Waals surface area contributed by atoms with E-state index in [4.69, 9.17) is 4.43 Å². The highest BCUT2D eigenvalue weighted by Gasteiger charge is 2.22. The maximum atomic E-state index is 6.19. The van der Waals surface area contributed by atoms with Crippen molar-refractivity contribution in [3.05, 3.63) is 35.1 Å². The first kappa shape index (κ1) is 18.1. The highest BCUT2D eigenvalue weighted by molar-refractivity contribution is 14.1. The monoisotopic (exact) mass is 378 g/mol. The molecule has 0 radical (unpaired) electrons. The van der Waals surface area contributed by atoms with Gasteiger partial charge < -0.3 is 4.43 Å². The molecule has 104 valence electrons. The smallest absolute Gasteiger partial charge is 0.210 e. The van der Waals surface area contributed by atoms with Gasteiger partial charge in [0.25, 0.3) is 0 Å². The zero-order chi connectivity index (χ0) is 13.9. The lowest BCUT2D eigenvalue weighted by Crippen LogP contribution is -2.33. The molecule has 0 rings (SSSR count). The Kier molecular flexibility index (Phi) is 11.1. The average Bonchev–Trinajstić information content (AvgIpc) is 2.33.